The summed E-state index contributed by atoms with van der Waals surface area (Å²) in [7, 11) is 0. The Labute approximate surface area is 95.2 Å². The molecule has 2 N–H and O–H groups in total. The largest absolute Gasteiger partial charge is 0.330 e. The first-order valence-corrected chi connectivity index (χ1v) is 6.75. The number of nitrogens with two attached hydrogens (primary N) is 1. The van der Waals surface area contributed by atoms with Gasteiger partial charge in [0.05, 0.1) is 0 Å². The Morgan fingerprint density at radius 1 is 1.27 bits per heavy atom. The van der Waals surface area contributed by atoms with Crippen LogP contribution in [0.4, 0.5) is 0 Å². The molecule has 1 fully saturated rings. The summed E-state index contributed by atoms with van der Waals surface area (Å²) in [5, 5.41) is 0. The van der Waals surface area contributed by atoms with Crippen molar-refractivity contribution in [1.82, 2.24) is 4.90 Å². The summed E-state index contributed by atoms with van der Waals surface area (Å²) in [5.74, 6) is 0. The first-order valence-electron chi connectivity index (χ1n) is 6.75. The highest BCUT2D eigenvalue weighted by Gasteiger charge is 2.23. The van der Waals surface area contributed by atoms with Gasteiger partial charge >= 0.3 is 0 Å². The van der Waals surface area contributed by atoms with Gasteiger partial charge in [-0.25, -0.2) is 0 Å². The summed E-state index contributed by atoms with van der Waals surface area (Å²) in [6.07, 6.45) is 9.55. The molecule has 1 aliphatic rings. The van der Waals surface area contributed by atoms with Crippen molar-refractivity contribution in [3.05, 3.63) is 0 Å². The van der Waals surface area contributed by atoms with Crippen molar-refractivity contribution in [3.63, 3.8) is 0 Å². The Hall–Kier alpha value is -0.0800. The maximum atomic E-state index is 5.62. The predicted molar refractivity (Wildman–Crippen MR) is 67.0 cm³/mol. The molecule has 0 radical (unpaired) electrons. The Morgan fingerprint density at radius 2 is 1.93 bits per heavy atom. The Balaban J connectivity index is 2.45. The van der Waals surface area contributed by atoms with Crippen LogP contribution in [0.2, 0.25) is 0 Å². The topological polar surface area (TPSA) is 29.3 Å². The van der Waals surface area contributed by atoms with Crippen LogP contribution in [0.1, 0.15) is 58.8 Å². The summed E-state index contributed by atoms with van der Waals surface area (Å²) in [5.41, 5.74) is 5.62. The molecule has 0 aromatic carbocycles. The minimum absolute atomic E-state index is 0.736. The molecule has 0 aliphatic heterocycles. The maximum Gasteiger partial charge on any atom is 0.00980 e. The minimum Gasteiger partial charge on any atom is -0.330 e. The molecule has 0 heterocycles. The highest BCUT2D eigenvalue weighted by atomic mass is 15.2. The lowest BCUT2D eigenvalue weighted by molar-refractivity contribution is 0.109. The van der Waals surface area contributed by atoms with Crippen molar-refractivity contribution < 1.29 is 0 Å². The standard InChI is InChI=1S/C13H28N2/c1-3-12(2)15(11-7-10-14)13-8-5-4-6-9-13/h12-13H,3-11,14H2,1-2H3. The molecule has 1 aliphatic carbocycles. The van der Waals surface area contributed by atoms with Gasteiger partial charge in [-0.1, -0.05) is 26.2 Å². The SMILES string of the molecule is CCC(C)N(CCCN)C1CCCCC1. The van der Waals surface area contributed by atoms with E-state index >= 15 is 0 Å². The van der Waals surface area contributed by atoms with E-state index in [4.69, 9.17) is 5.73 Å². The molecule has 0 aromatic heterocycles. The van der Waals surface area contributed by atoms with Crippen molar-refractivity contribution in [3.8, 4) is 0 Å². The van der Waals surface area contributed by atoms with Crippen LogP contribution >= 0.6 is 0 Å². The lowest BCUT2D eigenvalue weighted by atomic mass is 9.93. The summed E-state index contributed by atoms with van der Waals surface area (Å²) in [4.78, 5) is 2.71. The molecule has 0 amide bonds. The summed E-state index contributed by atoms with van der Waals surface area (Å²) in [6, 6.07) is 1.58. The monoisotopic (exact) mass is 212 g/mol. The second-order valence-corrected chi connectivity index (χ2v) is 4.93. The predicted octanol–water partition coefficient (Wildman–Crippen LogP) is 2.77. The summed E-state index contributed by atoms with van der Waals surface area (Å²) < 4.78 is 0. The molecule has 2 nitrogen and oxygen atoms in total. The van der Waals surface area contributed by atoms with Gasteiger partial charge in [0.1, 0.15) is 0 Å². The van der Waals surface area contributed by atoms with Crippen LogP contribution in [0, 0.1) is 0 Å². The molecule has 90 valence electrons. The molecule has 2 heteroatoms. The lowest BCUT2D eigenvalue weighted by Gasteiger charge is -2.38. The van der Waals surface area contributed by atoms with Crippen LogP contribution in [0.3, 0.4) is 0 Å². The molecule has 1 saturated carbocycles. The van der Waals surface area contributed by atoms with Crippen LogP contribution in [0.5, 0.6) is 0 Å². The van der Waals surface area contributed by atoms with Gasteiger partial charge in [-0.2, -0.15) is 0 Å². The van der Waals surface area contributed by atoms with Crippen molar-refractivity contribution >= 4 is 0 Å². The third-order valence-corrected chi connectivity index (χ3v) is 3.82. The molecule has 0 spiro atoms. The van der Waals surface area contributed by atoms with Crippen LogP contribution in [-0.4, -0.2) is 30.1 Å². The van der Waals surface area contributed by atoms with E-state index in [1.165, 1.54) is 45.1 Å². The Bertz CT molecular complexity index is 153. The molecular weight excluding hydrogens is 184 g/mol. The lowest BCUT2D eigenvalue weighted by Crippen LogP contribution is -2.43. The van der Waals surface area contributed by atoms with Gasteiger partial charge in [0.15, 0.2) is 0 Å². The van der Waals surface area contributed by atoms with E-state index in [1.807, 2.05) is 0 Å². The van der Waals surface area contributed by atoms with Crippen LogP contribution in [0.25, 0.3) is 0 Å². The zero-order valence-electron chi connectivity index (χ0n) is 10.5. The molecule has 15 heavy (non-hydrogen) atoms. The number of hydrogen-bond donors (Lipinski definition) is 1. The van der Waals surface area contributed by atoms with E-state index < -0.39 is 0 Å². The Kier molecular flexibility index (Phi) is 6.26. The molecule has 0 aromatic rings. The van der Waals surface area contributed by atoms with Crippen molar-refractivity contribution in [1.29, 1.82) is 0 Å². The maximum absolute atomic E-state index is 5.62. The number of hydrogen-bond acceptors (Lipinski definition) is 2. The quantitative estimate of drug-likeness (QED) is 0.733. The van der Waals surface area contributed by atoms with Gasteiger partial charge in [-0.15, -0.1) is 0 Å². The summed E-state index contributed by atoms with van der Waals surface area (Å²) >= 11 is 0. The third kappa shape index (κ3) is 4.12. The van der Waals surface area contributed by atoms with E-state index in [2.05, 4.69) is 18.7 Å². The second-order valence-electron chi connectivity index (χ2n) is 4.93. The molecule has 0 bridgehead atoms. The molecule has 1 atom stereocenters. The highest BCUT2D eigenvalue weighted by Crippen LogP contribution is 2.24. The van der Waals surface area contributed by atoms with E-state index in [0.717, 1.165) is 25.0 Å². The average molecular weight is 212 g/mol. The third-order valence-electron chi connectivity index (χ3n) is 3.82. The first kappa shape index (κ1) is 13.0. The van der Waals surface area contributed by atoms with Crippen LogP contribution in [0.15, 0.2) is 0 Å². The second kappa shape index (κ2) is 7.24. The van der Waals surface area contributed by atoms with Crippen molar-refractivity contribution in [2.75, 3.05) is 13.1 Å². The van der Waals surface area contributed by atoms with Gasteiger partial charge in [0.25, 0.3) is 0 Å². The van der Waals surface area contributed by atoms with E-state index in [1.54, 1.807) is 0 Å². The fourth-order valence-electron chi connectivity index (χ4n) is 2.68. The summed E-state index contributed by atoms with van der Waals surface area (Å²) in [6.45, 7) is 6.70. The number of rotatable bonds is 6. The minimum atomic E-state index is 0.736. The van der Waals surface area contributed by atoms with Crippen LogP contribution < -0.4 is 5.73 Å². The molecule has 0 saturated heterocycles. The smallest absolute Gasteiger partial charge is 0.00980 e. The molecular formula is C13H28N2. The molecule has 1 unspecified atom stereocenters. The van der Waals surface area contributed by atoms with E-state index in [9.17, 15) is 0 Å². The van der Waals surface area contributed by atoms with Gasteiger partial charge in [0, 0.05) is 12.1 Å². The normalized spacial score (nSPS) is 20.8. The first-order chi connectivity index (χ1) is 7.29. The van der Waals surface area contributed by atoms with Crippen LogP contribution in [-0.2, 0) is 0 Å². The zero-order valence-corrected chi connectivity index (χ0v) is 10.5. The van der Waals surface area contributed by atoms with Gasteiger partial charge in [0.2, 0.25) is 0 Å². The van der Waals surface area contributed by atoms with Gasteiger partial charge < -0.3 is 5.73 Å². The Morgan fingerprint density at radius 3 is 2.47 bits per heavy atom. The number of nitrogens with zero attached hydrogens (tertiary/aromatic N) is 1. The fourth-order valence-corrected chi connectivity index (χ4v) is 2.68. The van der Waals surface area contributed by atoms with Crippen molar-refractivity contribution in [2.24, 2.45) is 5.73 Å². The highest BCUT2D eigenvalue weighted by molar-refractivity contribution is 4.79. The van der Waals surface area contributed by atoms with E-state index in [0.29, 0.717) is 0 Å². The van der Waals surface area contributed by atoms with Gasteiger partial charge in [-0.05, 0) is 45.7 Å². The van der Waals surface area contributed by atoms with Gasteiger partial charge in [-0.3, -0.25) is 4.90 Å². The van der Waals surface area contributed by atoms with Crippen molar-refractivity contribution in [2.45, 2.75) is 70.9 Å². The molecule has 1 rings (SSSR count). The fraction of sp³-hybridized carbons (Fsp3) is 1.00. The van der Waals surface area contributed by atoms with E-state index in [-0.39, 0.29) is 0 Å². The average Bonchev–Trinajstić information content (AvgIpc) is 2.30. The zero-order chi connectivity index (χ0) is 11.1.